The molecule has 0 unspecified atom stereocenters. The summed E-state index contributed by atoms with van der Waals surface area (Å²) >= 11 is 0. The highest BCUT2D eigenvalue weighted by molar-refractivity contribution is 5.97. The maximum Gasteiger partial charge on any atom is 0.274 e. The molecule has 0 aliphatic carbocycles. The van der Waals surface area contributed by atoms with Crippen LogP contribution in [-0.2, 0) is 4.79 Å². The molecule has 1 aliphatic heterocycles. The van der Waals surface area contributed by atoms with Gasteiger partial charge in [-0.2, -0.15) is 0 Å². The van der Waals surface area contributed by atoms with Crippen LogP contribution in [0.25, 0.3) is 0 Å². The molecule has 1 aromatic carbocycles. The Labute approximate surface area is 134 Å². The van der Waals surface area contributed by atoms with E-state index in [-0.39, 0.29) is 17.7 Å². The van der Waals surface area contributed by atoms with Gasteiger partial charge in [0.05, 0.1) is 12.1 Å². The Morgan fingerprint density at radius 1 is 1.13 bits per heavy atom. The Morgan fingerprint density at radius 3 is 2.43 bits per heavy atom. The van der Waals surface area contributed by atoms with Gasteiger partial charge in [-0.25, -0.2) is 4.98 Å². The first-order chi connectivity index (χ1) is 11.0. The molecule has 0 spiro atoms. The number of benzene rings is 1. The quantitative estimate of drug-likeness (QED) is 0.938. The van der Waals surface area contributed by atoms with Gasteiger partial charge in [0.1, 0.15) is 5.69 Å². The Balaban J connectivity index is 1.57. The summed E-state index contributed by atoms with van der Waals surface area (Å²) in [7, 11) is 0. The predicted molar refractivity (Wildman–Crippen MR) is 86.0 cm³/mol. The zero-order chi connectivity index (χ0) is 16.4. The van der Waals surface area contributed by atoms with E-state index in [1.54, 1.807) is 4.90 Å². The second-order valence-corrected chi connectivity index (χ2v) is 5.86. The van der Waals surface area contributed by atoms with Crippen LogP contribution in [0.5, 0.6) is 0 Å². The Morgan fingerprint density at radius 2 is 1.83 bits per heavy atom. The van der Waals surface area contributed by atoms with Gasteiger partial charge >= 0.3 is 0 Å². The highest BCUT2D eigenvalue weighted by Crippen LogP contribution is 2.21. The maximum absolute atomic E-state index is 12.2. The van der Waals surface area contributed by atoms with Crippen LogP contribution in [0.1, 0.15) is 21.6 Å². The lowest BCUT2D eigenvalue weighted by Crippen LogP contribution is -2.54. The molecule has 2 heterocycles. The van der Waals surface area contributed by atoms with E-state index in [1.165, 1.54) is 18.6 Å². The number of amides is 2. The summed E-state index contributed by atoms with van der Waals surface area (Å²) in [6.45, 7) is 4.80. The molecular weight excluding hydrogens is 292 g/mol. The summed E-state index contributed by atoms with van der Waals surface area (Å²) in [4.78, 5) is 33.9. The summed E-state index contributed by atoms with van der Waals surface area (Å²) in [5.41, 5.74) is 3.31. The predicted octanol–water partition coefficient (Wildman–Crippen LogP) is 1.80. The minimum Gasteiger partial charge on any atom is -0.336 e. The van der Waals surface area contributed by atoms with E-state index < -0.39 is 0 Å². The van der Waals surface area contributed by atoms with E-state index in [0.717, 1.165) is 16.8 Å². The standard InChI is InChI=1S/C17H18N4O2/c1-11-5-12(2)7-14(6-11)20-16(22)13-9-21(10-13)17(23)15-8-18-3-4-19-15/h3-8,13H,9-10H2,1-2H3,(H,20,22). The van der Waals surface area contributed by atoms with E-state index in [4.69, 9.17) is 0 Å². The largest absolute Gasteiger partial charge is 0.336 e. The summed E-state index contributed by atoms with van der Waals surface area (Å²) in [5.74, 6) is -0.428. The third-order valence-corrected chi connectivity index (χ3v) is 3.81. The molecule has 0 bridgehead atoms. The number of likely N-dealkylation sites (tertiary alicyclic amines) is 1. The van der Waals surface area contributed by atoms with Crippen molar-refractivity contribution in [1.82, 2.24) is 14.9 Å². The molecule has 0 atom stereocenters. The van der Waals surface area contributed by atoms with Crippen molar-refractivity contribution in [2.24, 2.45) is 5.92 Å². The number of hydrogen-bond acceptors (Lipinski definition) is 4. The first kappa shape index (κ1) is 15.1. The molecule has 1 saturated heterocycles. The summed E-state index contributed by atoms with van der Waals surface area (Å²) in [6.07, 6.45) is 4.44. The number of anilines is 1. The molecule has 6 nitrogen and oxygen atoms in total. The van der Waals surface area contributed by atoms with Gasteiger partial charge in [-0.05, 0) is 37.1 Å². The van der Waals surface area contributed by atoms with Gasteiger partial charge in [-0.15, -0.1) is 0 Å². The third-order valence-electron chi connectivity index (χ3n) is 3.81. The summed E-state index contributed by atoms with van der Waals surface area (Å²) in [6, 6.07) is 5.93. The van der Waals surface area contributed by atoms with Gasteiger partial charge in [-0.1, -0.05) is 6.07 Å². The van der Waals surface area contributed by atoms with Gasteiger partial charge in [0.25, 0.3) is 5.91 Å². The molecule has 1 aliphatic rings. The van der Waals surface area contributed by atoms with Crippen molar-refractivity contribution in [3.8, 4) is 0 Å². The van der Waals surface area contributed by atoms with Gasteiger partial charge in [0.2, 0.25) is 5.91 Å². The second kappa shape index (κ2) is 6.16. The van der Waals surface area contributed by atoms with E-state index in [9.17, 15) is 9.59 Å². The highest BCUT2D eigenvalue weighted by Gasteiger charge is 2.36. The minimum absolute atomic E-state index is 0.0572. The average molecular weight is 310 g/mol. The van der Waals surface area contributed by atoms with Gasteiger partial charge in [0.15, 0.2) is 0 Å². The molecule has 2 amide bonds. The lowest BCUT2D eigenvalue weighted by atomic mass is 9.98. The number of rotatable bonds is 3. The Hall–Kier alpha value is -2.76. The first-order valence-corrected chi connectivity index (χ1v) is 7.47. The number of carbonyl (C=O) groups is 2. The maximum atomic E-state index is 12.2. The number of aryl methyl sites for hydroxylation is 2. The molecule has 3 rings (SSSR count). The molecular formula is C17H18N4O2. The SMILES string of the molecule is Cc1cc(C)cc(NC(=O)C2CN(C(=O)c3cnccn3)C2)c1. The van der Waals surface area contributed by atoms with E-state index in [0.29, 0.717) is 18.8 Å². The van der Waals surface area contributed by atoms with Crippen LogP contribution in [0.4, 0.5) is 5.69 Å². The van der Waals surface area contributed by atoms with Crippen molar-refractivity contribution in [1.29, 1.82) is 0 Å². The smallest absolute Gasteiger partial charge is 0.274 e. The van der Waals surface area contributed by atoms with Crippen molar-refractivity contribution >= 4 is 17.5 Å². The minimum atomic E-state index is -0.187. The fraction of sp³-hybridized carbons (Fsp3) is 0.294. The molecule has 2 aromatic rings. The van der Waals surface area contributed by atoms with Crippen molar-refractivity contribution < 1.29 is 9.59 Å². The van der Waals surface area contributed by atoms with E-state index in [1.807, 2.05) is 26.0 Å². The van der Waals surface area contributed by atoms with Crippen LogP contribution >= 0.6 is 0 Å². The summed E-state index contributed by atoms with van der Waals surface area (Å²) in [5, 5.41) is 2.92. The normalized spacial score (nSPS) is 14.3. The molecule has 1 N–H and O–H groups in total. The Bertz CT molecular complexity index is 719. The first-order valence-electron chi connectivity index (χ1n) is 7.47. The molecule has 118 valence electrons. The molecule has 23 heavy (non-hydrogen) atoms. The fourth-order valence-electron chi connectivity index (χ4n) is 2.67. The molecule has 1 aromatic heterocycles. The van der Waals surface area contributed by atoms with Gasteiger partial charge < -0.3 is 10.2 Å². The number of carbonyl (C=O) groups excluding carboxylic acids is 2. The van der Waals surface area contributed by atoms with E-state index in [2.05, 4.69) is 21.4 Å². The molecule has 0 radical (unpaired) electrons. The summed E-state index contributed by atoms with van der Waals surface area (Å²) < 4.78 is 0. The lowest BCUT2D eigenvalue weighted by Gasteiger charge is -2.37. The average Bonchev–Trinajstić information content (AvgIpc) is 2.45. The lowest BCUT2D eigenvalue weighted by molar-refractivity contribution is -0.123. The monoisotopic (exact) mass is 310 g/mol. The topological polar surface area (TPSA) is 75.2 Å². The van der Waals surface area contributed by atoms with Crippen LogP contribution < -0.4 is 5.32 Å². The number of aromatic nitrogens is 2. The molecule has 1 fully saturated rings. The fourth-order valence-corrected chi connectivity index (χ4v) is 2.67. The third kappa shape index (κ3) is 3.36. The Kier molecular flexibility index (Phi) is 4.06. The number of nitrogens with one attached hydrogen (secondary N) is 1. The zero-order valence-corrected chi connectivity index (χ0v) is 13.1. The van der Waals surface area contributed by atoms with Crippen molar-refractivity contribution in [2.45, 2.75) is 13.8 Å². The van der Waals surface area contributed by atoms with E-state index >= 15 is 0 Å². The van der Waals surface area contributed by atoms with Crippen molar-refractivity contribution in [3.63, 3.8) is 0 Å². The zero-order valence-electron chi connectivity index (χ0n) is 13.1. The van der Waals surface area contributed by atoms with Crippen LogP contribution in [0.3, 0.4) is 0 Å². The van der Waals surface area contributed by atoms with Crippen molar-refractivity contribution in [2.75, 3.05) is 18.4 Å². The second-order valence-electron chi connectivity index (χ2n) is 5.86. The number of hydrogen-bond donors (Lipinski definition) is 1. The molecule has 0 saturated carbocycles. The van der Waals surface area contributed by atoms with Gasteiger partial charge in [0, 0.05) is 31.2 Å². The van der Waals surface area contributed by atoms with Crippen LogP contribution in [-0.4, -0.2) is 39.8 Å². The van der Waals surface area contributed by atoms with Crippen LogP contribution in [0, 0.1) is 19.8 Å². The van der Waals surface area contributed by atoms with Crippen molar-refractivity contribution in [3.05, 3.63) is 53.6 Å². The van der Waals surface area contributed by atoms with Crippen LogP contribution in [0.2, 0.25) is 0 Å². The van der Waals surface area contributed by atoms with Crippen LogP contribution in [0.15, 0.2) is 36.8 Å². The number of nitrogens with zero attached hydrogens (tertiary/aromatic N) is 3. The highest BCUT2D eigenvalue weighted by atomic mass is 16.2. The molecule has 6 heteroatoms. The van der Waals surface area contributed by atoms with Gasteiger partial charge in [-0.3, -0.25) is 14.6 Å².